The van der Waals surface area contributed by atoms with E-state index in [1.54, 1.807) is 13.1 Å². The number of carbonyl (C=O) groups excluding carboxylic acids is 2. The number of sulfone groups is 1. The van der Waals surface area contributed by atoms with Gasteiger partial charge in [-0.2, -0.15) is 0 Å². The lowest BCUT2D eigenvalue weighted by atomic mass is 9.66. The second kappa shape index (κ2) is 11.1. The van der Waals surface area contributed by atoms with Gasteiger partial charge in [-0.25, -0.2) is 23.0 Å². The summed E-state index contributed by atoms with van der Waals surface area (Å²) in [5, 5.41) is 20.5. The lowest BCUT2D eigenvalue weighted by Gasteiger charge is -2.50. The summed E-state index contributed by atoms with van der Waals surface area (Å²) in [4.78, 5) is 44.0. The van der Waals surface area contributed by atoms with E-state index >= 15 is 0 Å². The normalized spacial score (nSPS) is 23.5. The lowest BCUT2D eigenvalue weighted by Crippen LogP contribution is -2.66. The SMILES string of the molecule is CCCC(CCC)OC(=O)OCC[C@@]1(C)C(c2cn3cnc(S(C)(=O)=O)c3s2)=C(C(=O)O)N2C(=O)[C@H]([C@@H](C)O)[C@@H]21. The van der Waals surface area contributed by atoms with E-state index in [0.29, 0.717) is 28.1 Å². The molecule has 4 heterocycles. The minimum atomic E-state index is -3.66. The van der Waals surface area contributed by atoms with Crippen molar-refractivity contribution in [2.24, 2.45) is 11.3 Å². The second-order valence-electron chi connectivity index (χ2n) is 10.7. The summed E-state index contributed by atoms with van der Waals surface area (Å²) in [7, 11) is -3.66. The molecule has 0 bridgehead atoms. The van der Waals surface area contributed by atoms with Gasteiger partial charge in [-0.15, -0.1) is 11.3 Å². The van der Waals surface area contributed by atoms with Crippen LogP contribution in [0.4, 0.5) is 4.79 Å². The number of carboxylic acid groups (broad SMARTS) is 1. The van der Waals surface area contributed by atoms with Crippen LogP contribution in [-0.2, 0) is 28.9 Å². The van der Waals surface area contributed by atoms with Crippen molar-refractivity contribution in [3.05, 3.63) is 23.1 Å². The van der Waals surface area contributed by atoms with Crippen LogP contribution in [0.25, 0.3) is 10.4 Å². The zero-order valence-corrected chi connectivity index (χ0v) is 24.8. The van der Waals surface area contributed by atoms with Crippen molar-refractivity contribution in [3.63, 3.8) is 0 Å². The van der Waals surface area contributed by atoms with Gasteiger partial charge < -0.3 is 24.6 Å². The Morgan fingerprint density at radius 1 is 1.25 bits per heavy atom. The molecule has 0 aliphatic carbocycles. The van der Waals surface area contributed by atoms with Gasteiger partial charge in [0.15, 0.2) is 14.9 Å². The number of rotatable bonds is 12. The number of amides is 1. The predicted octanol–water partition coefficient (Wildman–Crippen LogP) is 3.33. The van der Waals surface area contributed by atoms with Gasteiger partial charge in [-0.3, -0.25) is 9.20 Å². The van der Waals surface area contributed by atoms with E-state index in [1.165, 1.54) is 22.6 Å². The first-order valence-corrected chi connectivity index (χ1v) is 16.0. The maximum Gasteiger partial charge on any atom is 0.508 e. The average molecular weight is 598 g/mol. The standard InChI is InChI=1S/C26H35N3O9S2/c1-6-8-15(9-7-2)38-25(34)37-11-10-26(4)18(16-12-28-13-27-21(23(28)39-16)40(5,35)36)19(24(32)33)29-20(26)17(14(3)30)22(29)31/h12-15,17,20,30H,6-11H2,1-5H3,(H,32,33)/t14-,17-,20-,26+/m1/s1. The number of β-lactam (4-membered cyclic amide) rings is 1. The summed E-state index contributed by atoms with van der Waals surface area (Å²) in [6, 6.07) is -0.706. The number of aromatic nitrogens is 2. The number of hydrogen-bond acceptors (Lipinski definition) is 10. The monoisotopic (exact) mass is 597 g/mol. The van der Waals surface area contributed by atoms with Crippen LogP contribution in [0.15, 0.2) is 23.2 Å². The third kappa shape index (κ3) is 5.12. The van der Waals surface area contributed by atoms with E-state index in [2.05, 4.69) is 4.98 Å². The highest BCUT2D eigenvalue weighted by molar-refractivity contribution is 7.91. The molecule has 1 saturated heterocycles. The zero-order valence-electron chi connectivity index (χ0n) is 23.1. The number of carboxylic acids is 1. The number of imidazole rings is 1. The Balaban J connectivity index is 1.71. The Bertz CT molecular complexity index is 1450. The molecule has 220 valence electrons. The van der Waals surface area contributed by atoms with E-state index in [0.717, 1.165) is 30.4 Å². The molecule has 0 radical (unpaired) electrons. The number of thiazole rings is 1. The van der Waals surface area contributed by atoms with Crippen LogP contribution in [-0.4, -0.2) is 82.1 Å². The molecule has 0 aromatic carbocycles. The number of aliphatic hydroxyl groups is 1. The molecule has 14 heteroatoms. The Kier molecular flexibility index (Phi) is 8.35. The van der Waals surface area contributed by atoms with Crippen molar-refractivity contribution in [3.8, 4) is 0 Å². The van der Waals surface area contributed by atoms with Crippen molar-refractivity contribution < 1.29 is 42.5 Å². The highest BCUT2D eigenvalue weighted by atomic mass is 32.2. The predicted molar refractivity (Wildman–Crippen MR) is 145 cm³/mol. The molecule has 2 aliphatic heterocycles. The first-order chi connectivity index (χ1) is 18.8. The molecule has 2 aliphatic rings. The highest BCUT2D eigenvalue weighted by Crippen LogP contribution is 2.60. The van der Waals surface area contributed by atoms with Gasteiger partial charge >= 0.3 is 12.1 Å². The van der Waals surface area contributed by atoms with E-state index in [9.17, 15) is 33.0 Å². The summed E-state index contributed by atoms with van der Waals surface area (Å²) in [5.74, 6) is -2.70. The Morgan fingerprint density at radius 2 is 1.90 bits per heavy atom. The van der Waals surface area contributed by atoms with Crippen LogP contribution in [0, 0.1) is 11.3 Å². The summed E-state index contributed by atoms with van der Waals surface area (Å²) in [5.41, 5.74) is -0.986. The Hall–Kier alpha value is -2.97. The molecule has 0 spiro atoms. The smallest absolute Gasteiger partial charge is 0.477 e. The fourth-order valence-electron chi connectivity index (χ4n) is 5.90. The van der Waals surface area contributed by atoms with Gasteiger partial charge in [0, 0.05) is 23.4 Å². The fraction of sp³-hybridized carbons (Fsp3) is 0.615. The Labute approximate surface area is 236 Å². The van der Waals surface area contributed by atoms with Crippen LogP contribution in [0.3, 0.4) is 0 Å². The van der Waals surface area contributed by atoms with Crippen LogP contribution in [0.2, 0.25) is 0 Å². The molecule has 12 nitrogen and oxygen atoms in total. The van der Waals surface area contributed by atoms with Crippen molar-refractivity contribution in [2.45, 2.75) is 83.1 Å². The molecule has 4 rings (SSSR count). The highest BCUT2D eigenvalue weighted by Gasteiger charge is 2.66. The maximum atomic E-state index is 13.1. The number of aliphatic carboxylic acids is 1. The van der Waals surface area contributed by atoms with E-state index < -0.39 is 51.3 Å². The largest absolute Gasteiger partial charge is 0.508 e. The summed E-state index contributed by atoms with van der Waals surface area (Å²) >= 11 is 1.05. The molecule has 1 amide bonds. The minimum absolute atomic E-state index is 0.123. The molecular weight excluding hydrogens is 562 g/mol. The molecule has 2 aromatic heterocycles. The van der Waals surface area contributed by atoms with Crippen LogP contribution < -0.4 is 0 Å². The van der Waals surface area contributed by atoms with Crippen LogP contribution in [0.1, 0.15) is 64.7 Å². The number of ether oxygens (including phenoxy) is 2. The van der Waals surface area contributed by atoms with Gasteiger partial charge in [0.2, 0.25) is 5.91 Å². The van der Waals surface area contributed by atoms with Crippen molar-refractivity contribution >= 4 is 49.6 Å². The van der Waals surface area contributed by atoms with E-state index in [4.69, 9.17) is 9.47 Å². The summed E-state index contributed by atoms with van der Waals surface area (Å²) < 4.78 is 36.9. The molecule has 1 fully saturated rings. The van der Waals surface area contributed by atoms with Crippen LogP contribution in [0.5, 0.6) is 0 Å². The van der Waals surface area contributed by atoms with E-state index in [1.807, 2.05) is 13.8 Å². The number of fused-ring (bicyclic) bond motifs is 2. The molecular formula is C26H35N3O9S2. The summed E-state index contributed by atoms with van der Waals surface area (Å²) in [6.07, 6.45) is 5.07. The molecule has 0 unspecified atom stereocenters. The van der Waals surface area contributed by atoms with Gasteiger partial charge in [-0.05, 0) is 26.2 Å². The molecule has 4 atom stereocenters. The minimum Gasteiger partial charge on any atom is -0.477 e. The van der Waals surface area contributed by atoms with Crippen molar-refractivity contribution in [1.82, 2.24) is 14.3 Å². The number of carbonyl (C=O) groups is 3. The van der Waals surface area contributed by atoms with Gasteiger partial charge in [0.1, 0.15) is 23.0 Å². The second-order valence-corrected chi connectivity index (χ2v) is 13.6. The summed E-state index contributed by atoms with van der Waals surface area (Å²) in [6.45, 7) is 7.12. The molecule has 40 heavy (non-hydrogen) atoms. The zero-order chi connectivity index (χ0) is 29.6. The number of hydrogen-bond donors (Lipinski definition) is 2. The lowest BCUT2D eigenvalue weighted by molar-refractivity contribution is -0.167. The average Bonchev–Trinajstić information content (AvgIpc) is 3.47. The van der Waals surface area contributed by atoms with Crippen molar-refractivity contribution in [2.75, 3.05) is 12.9 Å². The fourth-order valence-corrected chi connectivity index (χ4v) is 8.29. The number of nitrogens with zero attached hydrogens (tertiary/aromatic N) is 3. The Morgan fingerprint density at radius 3 is 2.45 bits per heavy atom. The van der Waals surface area contributed by atoms with E-state index in [-0.39, 0.29) is 29.9 Å². The van der Waals surface area contributed by atoms with Crippen molar-refractivity contribution in [1.29, 1.82) is 0 Å². The van der Waals surface area contributed by atoms with Gasteiger partial charge in [-0.1, -0.05) is 33.6 Å². The molecule has 2 aromatic rings. The maximum absolute atomic E-state index is 13.1. The number of aliphatic hydroxyl groups excluding tert-OH is 1. The topological polar surface area (TPSA) is 165 Å². The van der Waals surface area contributed by atoms with Crippen LogP contribution >= 0.6 is 11.3 Å². The third-order valence-corrected chi connectivity index (χ3v) is 9.93. The first kappa shape index (κ1) is 30.0. The molecule has 0 saturated carbocycles. The van der Waals surface area contributed by atoms with Gasteiger partial charge in [0.05, 0.1) is 29.5 Å². The third-order valence-electron chi connectivity index (χ3n) is 7.67. The quantitative estimate of drug-likeness (QED) is 0.274. The molecule has 2 N–H and O–H groups in total. The van der Waals surface area contributed by atoms with Gasteiger partial charge in [0.25, 0.3) is 0 Å². The first-order valence-electron chi connectivity index (χ1n) is 13.3.